The molecule has 0 aromatic heterocycles. The van der Waals surface area contributed by atoms with Gasteiger partial charge in [0.1, 0.15) is 0 Å². The van der Waals surface area contributed by atoms with Crippen LogP contribution in [0.1, 0.15) is 58.8 Å². The lowest BCUT2D eigenvalue weighted by molar-refractivity contribution is 0.194. The van der Waals surface area contributed by atoms with Crippen LogP contribution < -0.4 is 0 Å². The third kappa shape index (κ3) is 5.99. The minimum absolute atomic E-state index is 0.228. The molecule has 0 spiro atoms. The summed E-state index contributed by atoms with van der Waals surface area (Å²) in [6.07, 6.45) is 13.1. The van der Waals surface area contributed by atoms with Crippen LogP contribution in [-0.4, -0.2) is 11.2 Å². The van der Waals surface area contributed by atoms with Crippen LogP contribution in [0.25, 0.3) is 0 Å². The van der Waals surface area contributed by atoms with E-state index >= 15 is 0 Å². The van der Waals surface area contributed by atoms with Gasteiger partial charge in [0.05, 0.1) is 6.10 Å². The lowest BCUT2D eigenvalue weighted by Gasteiger charge is -2.19. The molecule has 0 aromatic rings. The molecule has 0 radical (unpaired) electrons. The van der Waals surface area contributed by atoms with Crippen molar-refractivity contribution in [3.63, 3.8) is 0 Å². The monoisotopic (exact) mass is 210 g/mol. The third-order valence-corrected chi connectivity index (χ3v) is 3.27. The molecule has 0 amide bonds. The lowest BCUT2D eigenvalue weighted by atomic mass is 9.87. The van der Waals surface area contributed by atoms with Gasteiger partial charge in [-0.2, -0.15) is 0 Å². The molecule has 1 fully saturated rings. The van der Waals surface area contributed by atoms with E-state index in [-0.39, 0.29) is 6.10 Å². The highest BCUT2D eigenvalue weighted by atomic mass is 16.3. The van der Waals surface area contributed by atoms with Gasteiger partial charge in [-0.3, -0.25) is 0 Å². The van der Waals surface area contributed by atoms with E-state index in [0.717, 1.165) is 12.3 Å². The van der Waals surface area contributed by atoms with Gasteiger partial charge in [0.15, 0.2) is 0 Å². The van der Waals surface area contributed by atoms with Gasteiger partial charge in [-0.1, -0.05) is 58.1 Å². The standard InChI is InChI=1S/C14H26O/c1-12(2)11-14(15)10-6-9-13-7-4-3-5-8-13/h6,10,12-15H,3-5,7-9,11H2,1-2H3/b10-6-/t14-/m1/s1. The minimum Gasteiger partial charge on any atom is -0.389 e. The molecule has 0 aliphatic heterocycles. The van der Waals surface area contributed by atoms with Crippen molar-refractivity contribution in [3.8, 4) is 0 Å². The predicted molar refractivity (Wildman–Crippen MR) is 65.8 cm³/mol. The molecule has 1 saturated carbocycles. The number of allylic oxidation sites excluding steroid dienone is 1. The van der Waals surface area contributed by atoms with Crippen molar-refractivity contribution < 1.29 is 5.11 Å². The number of hydrogen-bond acceptors (Lipinski definition) is 1. The first-order chi connectivity index (χ1) is 7.18. The fourth-order valence-corrected chi connectivity index (χ4v) is 2.41. The number of aliphatic hydroxyl groups is 1. The molecule has 0 aromatic carbocycles. The molecule has 15 heavy (non-hydrogen) atoms. The summed E-state index contributed by atoms with van der Waals surface area (Å²) in [5.41, 5.74) is 0. The van der Waals surface area contributed by atoms with E-state index in [2.05, 4.69) is 19.9 Å². The van der Waals surface area contributed by atoms with E-state index in [1.54, 1.807) is 0 Å². The zero-order valence-corrected chi connectivity index (χ0v) is 10.3. The van der Waals surface area contributed by atoms with Crippen LogP contribution in [0.4, 0.5) is 0 Å². The number of hydrogen-bond donors (Lipinski definition) is 1. The van der Waals surface area contributed by atoms with Gasteiger partial charge in [-0.15, -0.1) is 0 Å². The normalized spacial score (nSPS) is 21.3. The van der Waals surface area contributed by atoms with Gasteiger partial charge >= 0.3 is 0 Å². The Balaban J connectivity index is 2.14. The molecule has 1 rings (SSSR count). The summed E-state index contributed by atoms with van der Waals surface area (Å²) in [5, 5.41) is 9.66. The fourth-order valence-electron chi connectivity index (χ4n) is 2.41. The molecular formula is C14H26O. The van der Waals surface area contributed by atoms with Gasteiger partial charge in [0, 0.05) is 0 Å². The van der Waals surface area contributed by atoms with Gasteiger partial charge in [0.2, 0.25) is 0 Å². The second-order valence-electron chi connectivity index (χ2n) is 5.36. The second kappa shape index (κ2) is 7.05. The van der Waals surface area contributed by atoms with E-state index in [9.17, 15) is 5.11 Å². The Labute approximate surface area is 94.6 Å². The Morgan fingerprint density at radius 1 is 1.20 bits per heavy atom. The van der Waals surface area contributed by atoms with Crippen molar-refractivity contribution in [1.29, 1.82) is 0 Å². The predicted octanol–water partition coefficient (Wildman–Crippen LogP) is 3.92. The largest absolute Gasteiger partial charge is 0.389 e. The van der Waals surface area contributed by atoms with E-state index in [4.69, 9.17) is 0 Å². The van der Waals surface area contributed by atoms with Crippen molar-refractivity contribution in [1.82, 2.24) is 0 Å². The summed E-state index contributed by atoms with van der Waals surface area (Å²) >= 11 is 0. The summed E-state index contributed by atoms with van der Waals surface area (Å²) in [7, 11) is 0. The van der Waals surface area contributed by atoms with Crippen molar-refractivity contribution in [2.45, 2.75) is 64.9 Å². The van der Waals surface area contributed by atoms with E-state index < -0.39 is 0 Å². The Hall–Kier alpha value is -0.300. The van der Waals surface area contributed by atoms with E-state index in [1.807, 2.05) is 6.08 Å². The van der Waals surface area contributed by atoms with Gasteiger partial charge in [-0.25, -0.2) is 0 Å². The minimum atomic E-state index is -0.228. The molecule has 0 heterocycles. The Morgan fingerprint density at radius 2 is 1.87 bits per heavy atom. The summed E-state index contributed by atoms with van der Waals surface area (Å²) in [5.74, 6) is 1.47. The Bertz CT molecular complexity index is 178. The molecule has 1 N–H and O–H groups in total. The molecule has 1 atom stereocenters. The van der Waals surface area contributed by atoms with Crippen molar-refractivity contribution in [3.05, 3.63) is 12.2 Å². The average molecular weight is 210 g/mol. The van der Waals surface area contributed by atoms with Crippen molar-refractivity contribution >= 4 is 0 Å². The molecule has 1 aliphatic rings. The Morgan fingerprint density at radius 3 is 2.47 bits per heavy atom. The summed E-state index contributed by atoms with van der Waals surface area (Å²) < 4.78 is 0. The fraction of sp³-hybridized carbons (Fsp3) is 0.857. The Kier molecular flexibility index (Phi) is 6.00. The van der Waals surface area contributed by atoms with Crippen LogP contribution in [0.2, 0.25) is 0 Å². The molecule has 0 bridgehead atoms. The zero-order valence-electron chi connectivity index (χ0n) is 10.3. The number of aliphatic hydroxyl groups excluding tert-OH is 1. The van der Waals surface area contributed by atoms with Gasteiger partial charge in [-0.05, 0) is 24.7 Å². The van der Waals surface area contributed by atoms with Gasteiger partial charge in [0.25, 0.3) is 0 Å². The maximum atomic E-state index is 9.66. The first kappa shape index (κ1) is 12.8. The quantitative estimate of drug-likeness (QED) is 0.682. The smallest absolute Gasteiger partial charge is 0.0723 e. The highest BCUT2D eigenvalue weighted by Crippen LogP contribution is 2.26. The first-order valence-electron chi connectivity index (χ1n) is 6.53. The second-order valence-corrected chi connectivity index (χ2v) is 5.36. The van der Waals surface area contributed by atoms with Crippen LogP contribution in [0.15, 0.2) is 12.2 Å². The molecule has 1 heteroatoms. The average Bonchev–Trinajstić information content (AvgIpc) is 2.18. The van der Waals surface area contributed by atoms with Gasteiger partial charge < -0.3 is 5.11 Å². The van der Waals surface area contributed by atoms with E-state index in [0.29, 0.717) is 5.92 Å². The summed E-state index contributed by atoms with van der Waals surface area (Å²) in [4.78, 5) is 0. The topological polar surface area (TPSA) is 20.2 Å². The highest BCUT2D eigenvalue weighted by Gasteiger charge is 2.11. The summed E-state index contributed by atoms with van der Waals surface area (Å²) in [6.45, 7) is 4.30. The SMILES string of the molecule is CC(C)C[C@H](O)/C=C\CC1CCCCC1. The van der Waals surface area contributed by atoms with Crippen LogP contribution >= 0.6 is 0 Å². The van der Waals surface area contributed by atoms with Crippen LogP contribution in [0.5, 0.6) is 0 Å². The maximum absolute atomic E-state index is 9.66. The molecule has 1 aliphatic carbocycles. The van der Waals surface area contributed by atoms with E-state index in [1.165, 1.54) is 38.5 Å². The zero-order chi connectivity index (χ0) is 11.1. The first-order valence-corrected chi connectivity index (χ1v) is 6.53. The van der Waals surface area contributed by atoms with Crippen molar-refractivity contribution in [2.24, 2.45) is 11.8 Å². The van der Waals surface area contributed by atoms with Crippen LogP contribution in [0.3, 0.4) is 0 Å². The van der Waals surface area contributed by atoms with Crippen LogP contribution in [-0.2, 0) is 0 Å². The molecular weight excluding hydrogens is 184 g/mol. The molecule has 88 valence electrons. The maximum Gasteiger partial charge on any atom is 0.0723 e. The van der Waals surface area contributed by atoms with Crippen LogP contribution in [0, 0.1) is 11.8 Å². The molecule has 0 unspecified atom stereocenters. The summed E-state index contributed by atoms with van der Waals surface area (Å²) in [6, 6.07) is 0. The highest BCUT2D eigenvalue weighted by molar-refractivity contribution is 4.90. The number of rotatable bonds is 5. The lowest BCUT2D eigenvalue weighted by Crippen LogP contribution is -2.07. The van der Waals surface area contributed by atoms with Crippen molar-refractivity contribution in [2.75, 3.05) is 0 Å². The molecule has 0 saturated heterocycles. The molecule has 1 nitrogen and oxygen atoms in total. The third-order valence-electron chi connectivity index (χ3n) is 3.27.